The SMILES string of the molecule is CC(C)N(CCN)C(=O)c1ccc(Br)cc1. The molecule has 1 rings (SSSR count). The molecular weight excluding hydrogens is 268 g/mol. The number of rotatable bonds is 4. The van der Waals surface area contributed by atoms with Crippen LogP contribution < -0.4 is 5.73 Å². The van der Waals surface area contributed by atoms with Crippen LogP contribution in [-0.2, 0) is 0 Å². The van der Waals surface area contributed by atoms with Gasteiger partial charge in [0.25, 0.3) is 5.91 Å². The lowest BCUT2D eigenvalue weighted by Gasteiger charge is -2.26. The summed E-state index contributed by atoms with van der Waals surface area (Å²) in [5.41, 5.74) is 6.21. The summed E-state index contributed by atoms with van der Waals surface area (Å²) in [6.45, 7) is 5.06. The monoisotopic (exact) mass is 284 g/mol. The molecule has 4 heteroatoms. The maximum absolute atomic E-state index is 12.1. The number of nitrogens with two attached hydrogens (primary N) is 1. The van der Waals surface area contributed by atoms with Crippen molar-refractivity contribution in [3.63, 3.8) is 0 Å². The molecule has 0 fully saturated rings. The zero-order valence-electron chi connectivity index (χ0n) is 9.61. The zero-order valence-corrected chi connectivity index (χ0v) is 11.2. The molecule has 0 aliphatic rings. The fourth-order valence-corrected chi connectivity index (χ4v) is 1.76. The Hall–Kier alpha value is -0.870. The third-order valence-corrected chi connectivity index (χ3v) is 2.87. The Morgan fingerprint density at radius 2 is 1.94 bits per heavy atom. The number of benzene rings is 1. The van der Waals surface area contributed by atoms with Crippen molar-refractivity contribution in [3.8, 4) is 0 Å². The molecule has 0 atom stereocenters. The van der Waals surface area contributed by atoms with Gasteiger partial charge in [-0.15, -0.1) is 0 Å². The Kier molecular flexibility index (Phi) is 4.96. The van der Waals surface area contributed by atoms with Crippen LogP contribution in [-0.4, -0.2) is 29.9 Å². The molecule has 0 aliphatic carbocycles. The van der Waals surface area contributed by atoms with Crippen molar-refractivity contribution < 1.29 is 4.79 Å². The predicted molar refractivity (Wildman–Crippen MR) is 69.4 cm³/mol. The number of hydrogen-bond acceptors (Lipinski definition) is 2. The van der Waals surface area contributed by atoms with Crippen molar-refractivity contribution in [3.05, 3.63) is 34.3 Å². The first-order chi connectivity index (χ1) is 7.56. The second kappa shape index (κ2) is 6.01. The molecule has 2 N–H and O–H groups in total. The highest BCUT2D eigenvalue weighted by molar-refractivity contribution is 9.10. The van der Waals surface area contributed by atoms with Crippen LogP contribution >= 0.6 is 15.9 Å². The standard InChI is InChI=1S/C12H17BrN2O/c1-9(2)15(8-7-14)12(16)10-3-5-11(13)6-4-10/h3-6,9H,7-8,14H2,1-2H3. The van der Waals surface area contributed by atoms with Gasteiger partial charge in [-0.05, 0) is 38.1 Å². The molecular formula is C12H17BrN2O. The first-order valence-electron chi connectivity index (χ1n) is 5.33. The molecule has 0 radical (unpaired) electrons. The summed E-state index contributed by atoms with van der Waals surface area (Å²) < 4.78 is 0.971. The third kappa shape index (κ3) is 3.32. The van der Waals surface area contributed by atoms with Gasteiger partial charge in [0.15, 0.2) is 0 Å². The lowest BCUT2D eigenvalue weighted by atomic mass is 10.1. The minimum atomic E-state index is 0.0351. The van der Waals surface area contributed by atoms with Gasteiger partial charge in [-0.3, -0.25) is 4.79 Å². The summed E-state index contributed by atoms with van der Waals surface area (Å²) in [6, 6.07) is 7.54. The van der Waals surface area contributed by atoms with Crippen molar-refractivity contribution in [2.24, 2.45) is 5.73 Å². The Bertz CT molecular complexity index is 349. The van der Waals surface area contributed by atoms with Crippen LogP contribution in [0, 0.1) is 0 Å². The van der Waals surface area contributed by atoms with E-state index in [1.54, 1.807) is 4.90 Å². The normalized spacial score (nSPS) is 10.6. The molecule has 0 aromatic heterocycles. The van der Waals surface area contributed by atoms with Gasteiger partial charge >= 0.3 is 0 Å². The lowest BCUT2D eigenvalue weighted by Crippen LogP contribution is -2.40. The average molecular weight is 285 g/mol. The molecule has 1 amide bonds. The van der Waals surface area contributed by atoms with Gasteiger partial charge in [0, 0.05) is 29.2 Å². The fourth-order valence-electron chi connectivity index (χ4n) is 1.49. The number of halogens is 1. The van der Waals surface area contributed by atoms with Gasteiger partial charge in [0.05, 0.1) is 0 Å². The zero-order chi connectivity index (χ0) is 12.1. The maximum atomic E-state index is 12.1. The summed E-state index contributed by atoms with van der Waals surface area (Å²) in [7, 11) is 0. The molecule has 1 aromatic carbocycles. The van der Waals surface area contributed by atoms with Gasteiger partial charge in [-0.1, -0.05) is 15.9 Å². The topological polar surface area (TPSA) is 46.3 Å². The molecule has 16 heavy (non-hydrogen) atoms. The van der Waals surface area contributed by atoms with E-state index < -0.39 is 0 Å². The van der Waals surface area contributed by atoms with E-state index in [1.165, 1.54) is 0 Å². The van der Waals surface area contributed by atoms with Crippen LogP contribution in [0.4, 0.5) is 0 Å². The highest BCUT2D eigenvalue weighted by Crippen LogP contribution is 2.13. The fraction of sp³-hybridized carbons (Fsp3) is 0.417. The second-order valence-corrected chi connectivity index (χ2v) is 4.80. The van der Waals surface area contributed by atoms with Crippen LogP contribution in [0.5, 0.6) is 0 Å². The smallest absolute Gasteiger partial charge is 0.254 e. The van der Waals surface area contributed by atoms with Crippen LogP contribution in [0.1, 0.15) is 24.2 Å². The highest BCUT2D eigenvalue weighted by Gasteiger charge is 2.17. The number of carbonyl (C=O) groups excluding carboxylic acids is 1. The minimum Gasteiger partial charge on any atom is -0.335 e. The third-order valence-electron chi connectivity index (χ3n) is 2.35. The number of nitrogens with zero attached hydrogens (tertiary/aromatic N) is 1. The Labute approximate surface area is 105 Å². The Balaban J connectivity index is 2.86. The quantitative estimate of drug-likeness (QED) is 0.922. The summed E-state index contributed by atoms with van der Waals surface area (Å²) in [6.07, 6.45) is 0. The molecule has 0 bridgehead atoms. The molecule has 3 nitrogen and oxygen atoms in total. The van der Waals surface area contributed by atoms with Crippen molar-refractivity contribution >= 4 is 21.8 Å². The van der Waals surface area contributed by atoms with Crippen molar-refractivity contribution in [1.29, 1.82) is 0 Å². The molecule has 0 spiro atoms. The van der Waals surface area contributed by atoms with Crippen molar-refractivity contribution in [2.45, 2.75) is 19.9 Å². The summed E-state index contributed by atoms with van der Waals surface area (Å²) in [5, 5.41) is 0. The van der Waals surface area contributed by atoms with E-state index in [2.05, 4.69) is 15.9 Å². The lowest BCUT2D eigenvalue weighted by molar-refractivity contribution is 0.0712. The number of amides is 1. The van der Waals surface area contributed by atoms with Crippen LogP contribution in [0.15, 0.2) is 28.7 Å². The molecule has 88 valence electrons. The molecule has 0 heterocycles. The van der Waals surface area contributed by atoms with E-state index >= 15 is 0 Å². The van der Waals surface area contributed by atoms with E-state index in [0.717, 1.165) is 4.47 Å². The van der Waals surface area contributed by atoms with E-state index in [4.69, 9.17) is 5.73 Å². The second-order valence-electron chi connectivity index (χ2n) is 3.89. The number of carbonyl (C=O) groups is 1. The summed E-state index contributed by atoms with van der Waals surface area (Å²) in [5.74, 6) is 0.0351. The van der Waals surface area contributed by atoms with Crippen LogP contribution in [0.3, 0.4) is 0 Å². The van der Waals surface area contributed by atoms with Gasteiger partial charge in [0.2, 0.25) is 0 Å². The first-order valence-corrected chi connectivity index (χ1v) is 6.12. The Morgan fingerprint density at radius 1 is 1.38 bits per heavy atom. The molecule has 0 aliphatic heterocycles. The molecule has 0 saturated carbocycles. The van der Waals surface area contributed by atoms with E-state index in [9.17, 15) is 4.79 Å². The molecule has 0 unspecified atom stereocenters. The molecule has 1 aromatic rings. The summed E-state index contributed by atoms with van der Waals surface area (Å²) >= 11 is 3.35. The number of hydrogen-bond donors (Lipinski definition) is 1. The van der Waals surface area contributed by atoms with E-state index in [0.29, 0.717) is 18.7 Å². The average Bonchev–Trinajstić information content (AvgIpc) is 2.25. The van der Waals surface area contributed by atoms with Crippen LogP contribution in [0.2, 0.25) is 0 Å². The van der Waals surface area contributed by atoms with Gasteiger partial charge in [-0.2, -0.15) is 0 Å². The van der Waals surface area contributed by atoms with Gasteiger partial charge in [-0.25, -0.2) is 0 Å². The summed E-state index contributed by atoms with van der Waals surface area (Å²) in [4.78, 5) is 13.9. The Morgan fingerprint density at radius 3 is 2.38 bits per heavy atom. The van der Waals surface area contributed by atoms with Gasteiger partial charge < -0.3 is 10.6 Å². The maximum Gasteiger partial charge on any atom is 0.254 e. The largest absolute Gasteiger partial charge is 0.335 e. The van der Waals surface area contributed by atoms with Crippen molar-refractivity contribution in [1.82, 2.24) is 4.90 Å². The van der Waals surface area contributed by atoms with E-state index in [1.807, 2.05) is 38.1 Å². The highest BCUT2D eigenvalue weighted by atomic mass is 79.9. The van der Waals surface area contributed by atoms with Crippen LogP contribution in [0.25, 0.3) is 0 Å². The first kappa shape index (κ1) is 13.2. The van der Waals surface area contributed by atoms with Crippen molar-refractivity contribution in [2.75, 3.05) is 13.1 Å². The minimum absolute atomic E-state index is 0.0351. The molecule has 0 saturated heterocycles. The van der Waals surface area contributed by atoms with E-state index in [-0.39, 0.29) is 11.9 Å². The predicted octanol–water partition coefficient (Wildman–Crippen LogP) is 2.26. The van der Waals surface area contributed by atoms with Gasteiger partial charge in [0.1, 0.15) is 0 Å².